The molecule has 28 nitrogen and oxygen atoms in total. The van der Waals surface area contributed by atoms with Crippen LogP contribution in [0.5, 0.6) is 0 Å². The fourth-order valence-electron chi connectivity index (χ4n) is 16.0. The van der Waals surface area contributed by atoms with E-state index in [1.807, 2.05) is 178 Å². The number of likely N-dealkylation sites (N-methyl/N-ethyl adjacent to an activating group) is 2. The molecule has 6 aliphatic rings. The fraction of sp³-hybridized carbons (Fsp3) is 0.345. The average molecular weight is 1560 g/mol. The maximum Gasteiger partial charge on any atom is 0.261 e. The molecule has 0 saturated carbocycles. The first-order valence-corrected chi connectivity index (χ1v) is 39.4. The number of nitrogens with one attached hydrogen (secondary N) is 3. The number of hydrogen-bond donors (Lipinski definition) is 3. The second-order valence-electron chi connectivity index (χ2n) is 28.9. The third-order valence-electron chi connectivity index (χ3n) is 21.9. The number of fused-ring (bicyclic) bond motifs is 36. The molecule has 0 spiro atoms. The summed E-state index contributed by atoms with van der Waals surface area (Å²) >= 11 is 0. The second-order valence-corrected chi connectivity index (χ2v) is 28.9. The van der Waals surface area contributed by atoms with Gasteiger partial charge in [0.05, 0.1) is 156 Å². The first kappa shape index (κ1) is 77.5. The molecular weight excluding hydrogens is 1460 g/mol. The van der Waals surface area contributed by atoms with E-state index in [9.17, 15) is 28.8 Å². The molecule has 12 aromatic rings. The van der Waals surface area contributed by atoms with Crippen LogP contribution in [0.3, 0.4) is 0 Å². The number of benzene rings is 6. The summed E-state index contributed by atoms with van der Waals surface area (Å²) in [4.78, 5) is 86.3. The zero-order chi connectivity index (χ0) is 78.9. The Morgan fingerprint density at radius 2 is 0.583 bits per heavy atom. The lowest BCUT2D eigenvalue weighted by Crippen LogP contribution is -2.34. The molecule has 0 aliphatic carbocycles. The van der Waals surface area contributed by atoms with Crippen LogP contribution in [0.25, 0.3) is 98.9 Å². The summed E-state index contributed by atoms with van der Waals surface area (Å²) < 4.78 is 52.9. The van der Waals surface area contributed by atoms with Gasteiger partial charge in [0.2, 0.25) is 0 Å². The molecular formula is C87H93N15O13. The van der Waals surface area contributed by atoms with Crippen LogP contribution in [-0.2, 0) is 101 Å². The van der Waals surface area contributed by atoms with Crippen molar-refractivity contribution in [3.05, 3.63) is 198 Å². The number of amides is 6. The number of carbonyl (C=O) groups is 6. The van der Waals surface area contributed by atoms with Gasteiger partial charge in [-0.3, -0.25) is 68.6 Å². The summed E-state index contributed by atoms with van der Waals surface area (Å²) in [5.74, 6) is -2.52. The van der Waals surface area contributed by atoms with Crippen LogP contribution in [0.15, 0.2) is 164 Å². The van der Waals surface area contributed by atoms with Crippen LogP contribution >= 0.6 is 0 Å². The summed E-state index contributed by atoms with van der Waals surface area (Å²) in [6, 6.07) is 47.2. The lowest BCUT2D eigenvalue weighted by Gasteiger charge is -2.22. The van der Waals surface area contributed by atoms with E-state index in [0.29, 0.717) is 187 Å². The number of para-hydroxylation sites is 6. The number of rotatable bonds is 4. The van der Waals surface area contributed by atoms with Gasteiger partial charge in [-0.05, 0) is 50.0 Å². The minimum atomic E-state index is -0.436. The second kappa shape index (κ2) is 35.5. The summed E-state index contributed by atoms with van der Waals surface area (Å²) in [5.41, 5.74) is 11.2. The van der Waals surface area contributed by atoms with E-state index >= 15 is 0 Å². The van der Waals surface area contributed by atoms with Crippen molar-refractivity contribution in [2.24, 2.45) is 0 Å². The van der Waals surface area contributed by atoms with Crippen molar-refractivity contribution in [1.29, 1.82) is 0 Å². The Balaban J connectivity index is 0.000000130. The molecule has 0 fully saturated rings. The normalized spacial score (nSPS) is 18.3. The van der Waals surface area contributed by atoms with Crippen molar-refractivity contribution < 1.29 is 61.9 Å². The van der Waals surface area contributed by atoms with Gasteiger partial charge in [-0.15, -0.1) is 0 Å². The Morgan fingerprint density at radius 1 is 0.322 bits per heavy atom. The monoisotopic (exact) mass is 1560 g/mol. The number of nitrogens with zero attached hydrogens (tertiary/aromatic N) is 12. The first-order valence-electron chi connectivity index (χ1n) is 39.4. The zero-order valence-electron chi connectivity index (χ0n) is 64.9. The van der Waals surface area contributed by atoms with Crippen molar-refractivity contribution in [2.75, 3.05) is 152 Å². The Hall–Kier alpha value is -11.4. The molecule has 0 unspecified atom stereocenters. The lowest BCUT2D eigenvalue weighted by atomic mass is 9.97. The van der Waals surface area contributed by atoms with Crippen LogP contribution in [0.1, 0.15) is 40.7 Å². The number of hydrogen-bond acceptors (Lipinski definition) is 19. The van der Waals surface area contributed by atoms with Crippen LogP contribution in [-0.4, -0.2) is 246 Å². The van der Waals surface area contributed by atoms with Gasteiger partial charge in [0, 0.05) is 157 Å². The van der Waals surface area contributed by atoms with Gasteiger partial charge < -0.3 is 51.8 Å². The van der Waals surface area contributed by atoms with Crippen LogP contribution in [0.2, 0.25) is 0 Å². The summed E-state index contributed by atoms with van der Waals surface area (Å²) in [5, 5.41) is 27.3. The topological polar surface area (TPSA) is 281 Å². The average Bonchev–Trinajstić information content (AvgIpc) is 1.59. The number of carbonyl (C=O) groups excluding carboxylic acids is 6. The smallest absolute Gasteiger partial charge is 0.261 e. The minimum absolute atomic E-state index is 0.298. The van der Waals surface area contributed by atoms with Crippen LogP contribution < -0.4 is 16.0 Å². The Kier molecular flexibility index (Phi) is 24.0. The minimum Gasteiger partial charge on any atom is -0.383 e. The Morgan fingerprint density at radius 3 is 0.896 bits per heavy atom. The van der Waals surface area contributed by atoms with E-state index in [1.165, 1.54) is 0 Å². The summed E-state index contributed by atoms with van der Waals surface area (Å²) in [6.45, 7) is 19.4. The van der Waals surface area contributed by atoms with Crippen molar-refractivity contribution >= 4 is 134 Å². The van der Waals surface area contributed by atoms with E-state index < -0.39 is 35.4 Å². The van der Waals surface area contributed by atoms with Crippen molar-refractivity contribution in [3.63, 3.8) is 0 Å². The van der Waals surface area contributed by atoms with Gasteiger partial charge in [0.15, 0.2) is 0 Å². The third kappa shape index (κ3) is 16.3. The highest BCUT2D eigenvalue weighted by Crippen LogP contribution is 2.42. The van der Waals surface area contributed by atoms with Gasteiger partial charge >= 0.3 is 0 Å². The molecule has 0 radical (unpaired) electrons. The van der Waals surface area contributed by atoms with Crippen molar-refractivity contribution in [3.8, 4) is 0 Å². The molecule has 0 saturated heterocycles. The third-order valence-corrected chi connectivity index (χ3v) is 21.9. The van der Waals surface area contributed by atoms with E-state index in [-0.39, 0.29) is 0 Å². The number of imide groups is 3. The summed E-state index contributed by atoms with van der Waals surface area (Å²) in [7, 11) is 3.77. The quantitative estimate of drug-likeness (QED) is 0.141. The van der Waals surface area contributed by atoms with Crippen LogP contribution in [0, 0.1) is 0 Å². The molecule has 6 aromatic carbocycles. The number of methoxy groups -OCH3 is 1. The van der Waals surface area contributed by atoms with Gasteiger partial charge in [-0.25, -0.2) is 0 Å². The van der Waals surface area contributed by atoms with E-state index in [1.54, 1.807) is 7.11 Å². The van der Waals surface area contributed by atoms with Gasteiger partial charge in [0.25, 0.3) is 35.4 Å². The number of ether oxygens (including phenoxy) is 7. The highest BCUT2D eigenvalue weighted by molar-refractivity contribution is 6.52. The van der Waals surface area contributed by atoms with E-state index in [0.717, 1.165) is 123 Å². The number of aromatic nitrogens is 9. The Bertz CT molecular complexity index is 5440. The molecule has 0 atom stereocenters. The molecule has 3 N–H and O–H groups in total. The van der Waals surface area contributed by atoms with Gasteiger partial charge in [0.1, 0.15) is 17.1 Å². The van der Waals surface area contributed by atoms with Crippen molar-refractivity contribution in [1.82, 2.24) is 73.7 Å². The van der Waals surface area contributed by atoms with E-state index in [4.69, 9.17) is 48.5 Å². The highest BCUT2D eigenvalue weighted by atomic mass is 16.5. The molecule has 12 heterocycles. The molecule has 6 aliphatic heterocycles. The highest BCUT2D eigenvalue weighted by Gasteiger charge is 2.40. The molecule has 6 amide bonds. The van der Waals surface area contributed by atoms with Crippen molar-refractivity contribution in [2.45, 2.75) is 46.2 Å². The Labute approximate surface area is 663 Å². The SMILES string of the molecule is CCN1CCOCCn2cc(c3ccccc32)C2=C(C(=O)NC2=O)c2nn(c3ccccc23)CCOCC1.CN1CCOCCn2cc(c3ccccc32)C2=C(C(=O)NC2=O)c2nn(c3ccccc23)CCOCC1.COCCN1CCOCCn2cc(c3ccccc32)C2=C(C(=O)NC2=O)c2nn(c3ccccc23)CCOCC1. The molecule has 18 rings (SSSR count). The summed E-state index contributed by atoms with van der Waals surface area (Å²) in [6.07, 6.45) is 5.86. The van der Waals surface area contributed by atoms with Gasteiger partial charge in [-0.1, -0.05) is 116 Å². The zero-order valence-corrected chi connectivity index (χ0v) is 64.9. The molecule has 6 aromatic heterocycles. The fourth-order valence-corrected chi connectivity index (χ4v) is 16.0. The maximum absolute atomic E-state index is 13.3. The largest absolute Gasteiger partial charge is 0.383 e. The first-order chi connectivity index (χ1) is 56.4. The lowest BCUT2D eigenvalue weighted by molar-refractivity contribution is -0.124. The standard InChI is InChI=1S/C30H33N5O5.C29H31N5O4.C28H29N5O4/c1-38-15-10-33-11-16-39-18-13-34-20-23(21-6-2-4-8-24(21)34)26-27(30(37)31-29(26)36)28-22-7-3-5-9-25(22)35(32-28)14-19-40-17-12-33;1-2-32-11-15-37-17-13-33-19-22(20-7-3-5-9-23(20)33)25-26(29(36)30-28(25)35)27-21-8-4-6-10-24(21)34(31-27)14-18-38-16-12-32;1-31-10-14-36-16-12-32-18-21(19-6-2-4-8-22(19)32)24-25(28(35)29-27(24)34)26-20-7-3-5-9-23(20)33(30-26)13-17-37-15-11-31/h2-9,20H,10-19H2,1H3,(H,31,36,37);3-10,19H,2,11-18H2,1H3,(H,30,35,36);2-9,18H,10-17H2,1H3,(H,29,34,35). The molecule has 115 heavy (non-hydrogen) atoms. The molecule has 12 bridgehead atoms. The molecule has 594 valence electrons. The molecule has 28 heteroatoms. The maximum atomic E-state index is 13.3. The van der Waals surface area contributed by atoms with E-state index in [2.05, 4.69) is 58.3 Å². The van der Waals surface area contributed by atoms with Gasteiger partial charge in [-0.2, -0.15) is 15.3 Å². The predicted octanol–water partition coefficient (Wildman–Crippen LogP) is 8.02. The van der Waals surface area contributed by atoms with Crippen LogP contribution in [0.4, 0.5) is 0 Å². The predicted molar refractivity (Wildman–Crippen MR) is 438 cm³/mol.